The third kappa shape index (κ3) is 1.84. The molecule has 1 rings (SSSR count). The number of furan rings is 1. The lowest BCUT2D eigenvalue weighted by Gasteiger charge is -1.91. The van der Waals surface area contributed by atoms with E-state index < -0.39 is 0 Å². The zero-order chi connectivity index (χ0) is 8.97. The Bertz CT molecular complexity index is 269. The molecule has 0 saturated heterocycles. The summed E-state index contributed by atoms with van der Waals surface area (Å²) in [5, 5.41) is 0. The van der Waals surface area contributed by atoms with E-state index in [-0.39, 0.29) is 5.91 Å². The van der Waals surface area contributed by atoms with E-state index in [0.29, 0.717) is 17.9 Å². The summed E-state index contributed by atoms with van der Waals surface area (Å²) in [6, 6.07) is 1.58. The monoisotopic (exact) mass is 170 g/mol. The van der Waals surface area contributed by atoms with Crippen LogP contribution in [0.1, 0.15) is 16.1 Å². The number of carbonyl (C=O) groups excluding carboxylic acids is 1. The normalized spacial score (nSPS) is 9.83. The molecule has 1 amide bonds. The lowest BCUT2D eigenvalue weighted by Crippen LogP contribution is -2.29. The minimum Gasteiger partial charge on any atom is -0.466 e. The van der Waals surface area contributed by atoms with Crippen molar-refractivity contribution in [2.24, 2.45) is 5.84 Å². The highest BCUT2D eigenvalue weighted by Crippen LogP contribution is 2.07. The van der Waals surface area contributed by atoms with Crippen molar-refractivity contribution in [3.8, 4) is 0 Å². The van der Waals surface area contributed by atoms with E-state index in [1.54, 1.807) is 13.2 Å². The van der Waals surface area contributed by atoms with Crippen LogP contribution in [0.25, 0.3) is 0 Å². The van der Waals surface area contributed by atoms with E-state index in [2.05, 4.69) is 0 Å². The van der Waals surface area contributed by atoms with Gasteiger partial charge in [-0.1, -0.05) is 0 Å². The number of hydrogen-bond donors (Lipinski definition) is 2. The minimum absolute atomic E-state index is 0.345. The van der Waals surface area contributed by atoms with E-state index >= 15 is 0 Å². The van der Waals surface area contributed by atoms with Crippen molar-refractivity contribution in [2.75, 3.05) is 7.11 Å². The number of hydrogen-bond acceptors (Lipinski definition) is 4. The molecule has 0 aliphatic rings. The summed E-state index contributed by atoms with van der Waals surface area (Å²) in [5.41, 5.74) is 2.39. The summed E-state index contributed by atoms with van der Waals surface area (Å²) >= 11 is 0. The maximum Gasteiger partial charge on any atom is 0.268 e. The van der Waals surface area contributed by atoms with Gasteiger partial charge in [0.05, 0.1) is 5.56 Å². The number of hydrazine groups is 1. The van der Waals surface area contributed by atoms with Gasteiger partial charge in [-0.05, 0) is 6.07 Å². The average molecular weight is 170 g/mol. The zero-order valence-corrected chi connectivity index (χ0v) is 6.66. The fraction of sp³-hybridized carbons (Fsp3) is 0.286. The molecule has 5 heteroatoms. The molecule has 0 saturated carbocycles. The first-order valence-corrected chi connectivity index (χ1v) is 3.35. The molecule has 0 aliphatic heterocycles. The minimum atomic E-state index is -0.374. The van der Waals surface area contributed by atoms with Gasteiger partial charge in [-0.3, -0.25) is 10.2 Å². The van der Waals surface area contributed by atoms with E-state index in [0.717, 1.165) is 0 Å². The van der Waals surface area contributed by atoms with Gasteiger partial charge >= 0.3 is 0 Å². The van der Waals surface area contributed by atoms with Crippen molar-refractivity contribution in [1.82, 2.24) is 5.43 Å². The van der Waals surface area contributed by atoms with Gasteiger partial charge in [-0.25, -0.2) is 5.84 Å². The molecule has 0 fully saturated rings. The molecular weight excluding hydrogens is 160 g/mol. The molecule has 0 atom stereocenters. The Labute approximate surface area is 69.5 Å². The van der Waals surface area contributed by atoms with Crippen LogP contribution in [0.4, 0.5) is 0 Å². The lowest BCUT2D eigenvalue weighted by molar-refractivity contribution is 0.0953. The Morgan fingerprint density at radius 3 is 3.17 bits per heavy atom. The van der Waals surface area contributed by atoms with Gasteiger partial charge in [0.15, 0.2) is 0 Å². The average Bonchev–Trinajstić information content (AvgIpc) is 2.52. The fourth-order valence-corrected chi connectivity index (χ4v) is 0.801. The number of nitrogens with one attached hydrogen (secondary N) is 1. The van der Waals surface area contributed by atoms with Crippen molar-refractivity contribution < 1.29 is 13.9 Å². The van der Waals surface area contributed by atoms with Crippen molar-refractivity contribution in [3.63, 3.8) is 0 Å². The molecule has 0 unspecified atom stereocenters. The molecular formula is C7H10N2O3. The third-order valence-electron chi connectivity index (χ3n) is 1.33. The van der Waals surface area contributed by atoms with E-state index in [9.17, 15) is 4.79 Å². The SMILES string of the molecule is COCc1cc(C(=O)NN)co1. The molecule has 12 heavy (non-hydrogen) atoms. The quantitative estimate of drug-likeness (QED) is 0.381. The second-order valence-electron chi connectivity index (χ2n) is 2.21. The van der Waals surface area contributed by atoms with Crippen molar-refractivity contribution >= 4 is 5.91 Å². The Hall–Kier alpha value is -1.33. The molecule has 0 bridgehead atoms. The van der Waals surface area contributed by atoms with Crippen molar-refractivity contribution in [1.29, 1.82) is 0 Å². The summed E-state index contributed by atoms with van der Waals surface area (Å²) < 4.78 is 9.78. The zero-order valence-electron chi connectivity index (χ0n) is 6.66. The van der Waals surface area contributed by atoms with E-state index in [1.807, 2.05) is 5.43 Å². The second-order valence-corrected chi connectivity index (χ2v) is 2.21. The van der Waals surface area contributed by atoms with Crippen LogP contribution >= 0.6 is 0 Å². The Balaban J connectivity index is 2.70. The highest BCUT2D eigenvalue weighted by Gasteiger charge is 2.07. The maximum absolute atomic E-state index is 10.9. The van der Waals surface area contributed by atoms with Gasteiger partial charge in [-0.15, -0.1) is 0 Å². The molecule has 3 N–H and O–H groups in total. The van der Waals surface area contributed by atoms with Crippen LogP contribution < -0.4 is 11.3 Å². The standard InChI is InChI=1S/C7H10N2O3/c1-11-4-6-2-5(3-12-6)7(10)9-8/h2-3H,4,8H2,1H3,(H,9,10). The van der Waals surface area contributed by atoms with Crippen LogP contribution in [-0.2, 0) is 11.3 Å². The number of carbonyl (C=O) groups is 1. The number of nitrogens with two attached hydrogens (primary N) is 1. The largest absolute Gasteiger partial charge is 0.466 e. The van der Waals surface area contributed by atoms with Crippen LogP contribution in [0.5, 0.6) is 0 Å². The third-order valence-corrected chi connectivity index (χ3v) is 1.33. The van der Waals surface area contributed by atoms with Crippen LogP contribution in [0.3, 0.4) is 0 Å². The molecule has 0 aromatic carbocycles. The number of amides is 1. The molecule has 66 valence electrons. The van der Waals surface area contributed by atoms with Crippen LogP contribution in [0.15, 0.2) is 16.7 Å². The molecule has 1 aromatic rings. The maximum atomic E-state index is 10.9. The highest BCUT2D eigenvalue weighted by atomic mass is 16.5. The fourth-order valence-electron chi connectivity index (χ4n) is 0.801. The summed E-state index contributed by atoms with van der Waals surface area (Å²) in [7, 11) is 1.55. The Morgan fingerprint density at radius 1 is 1.83 bits per heavy atom. The Morgan fingerprint density at radius 2 is 2.58 bits per heavy atom. The van der Waals surface area contributed by atoms with E-state index in [4.69, 9.17) is 15.0 Å². The van der Waals surface area contributed by atoms with Gasteiger partial charge in [0.25, 0.3) is 5.91 Å². The first-order chi connectivity index (χ1) is 5.77. The predicted molar refractivity (Wildman–Crippen MR) is 41.1 cm³/mol. The first kappa shape index (κ1) is 8.76. The highest BCUT2D eigenvalue weighted by molar-refractivity contribution is 5.93. The smallest absolute Gasteiger partial charge is 0.268 e. The van der Waals surface area contributed by atoms with Crippen molar-refractivity contribution in [3.05, 3.63) is 23.7 Å². The summed E-state index contributed by atoms with van der Waals surface area (Å²) in [4.78, 5) is 10.9. The summed E-state index contributed by atoms with van der Waals surface area (Å²) in [6.45, 7) is 0.345. The molecule has 5 nitrogen and oxygen atoms in total. The van der Waals surface area contributed by atoms with Crippen LogP contribution in [0.2, 0.25) is 0 Å². The molecule has 0 radical (unpaired) electrons. The van der Waals surface area contributed by atoms with E-state index in [1.165, 1.54) is 6.26 Å². The van der Waals surface area contributed by atoms with Gasteiger partial charge in [0.2, 0.25) is 0 Å². The van der Waals surface area contributed by atoms with Gasteiger partial charge in [0.1, 0.15) is 18.6 Å². The molecule has 1 heterocycles. The van der Waals surface area contributed by atoms with Gasteiger partial charge in [0, 0.05) is 7.11 Å². The molecule has 1 aromatic heterocycles. The second kappa shape index (κ2) is 3.89. The summed E-state index contributed by atoms with van der Waals surface area (Å²) in [5.74, 6) is 5.13. The number of methoxy groups -OCH3 is 1. The topological polar surface area (TPSA) is 77.5 Å². The number of ether oxygens (including phenoxy) is 1. The molecule has 0 spiro atoms. The van der Waals surface area contributed by atoms with Crippen LogP contribution in [0, 0.1) is 0 Å². The predicted octanol–water partition coefficient (Wildman–Crippen LogP) is 0.0295. The lowest BCUT2D eigenvalue weighted by atomic mass is 10.3. The van der Waals surface area contributed by atoms with Gasteiger partial charge < -0.3 is 9.15 Å². The summed E-state index contributed by atoms with van der Waals surface area (Å²) in [6.07, 6.45) is 1.33. The first-order valence-electron chi connectivity index (χ1n) is 3.35. The van der Waals surface area contributed by atoms with Crippen molar-refractivity contribution in [2.45, 2.75) is 6.61 Å². The van der Waals surface area contributed by atoms with Gasteiger partial charge in [-0.2, -0.15) is 0 Å². The van der Waals surface area contributed by atoms with Crippen LogP contribution in [-0.4, -0.2) is 13.0 Å². The Kier molecular flexibility index (Phi) is 2.84. The number of nitrogen functional groups attached to an aromatic ring is 1. The number of rotatable bonds is 3. The molecule has 0 aliphatic carbocycles.